The summed E-state index contributed by atoms with van der Waals surface area (Å²) in [6.45, 7) is 1.04. The summed E-state index contributed by atoms with van der Waals surface area (Å²) in [5.74, 6) is -0.937. The second-order valence-corrected chi connectivity index (χ2v) is 7.01. The number of benzene rings is 1. The summed E-state index contributed by atoms with van der Waals surface area (Å²) in [5.41, 5.74) is 1.08. The van der Waals surface area contributed by atoms with Crippen LogP contribution in [0.5, 0.6) is 0 Å². The van der Waals surface area contributed by atoms with Crippen LogP contribution in [0, 0.1) is 5.92 Å². The summed E-state index contributed by atoms with van der Waals surface area (Å²) >= 11 is 0. The highest BCUT2D eigenvalue weighted by atomic mass is 19.4. The molecule has 146 valence electrons. The quantitative estimate of drug-likeness (QED) is 0.801. The third-order valence-electron chi connectivity index (χ3n) is 4.98. The molecule has 3 rings (SSSR count). The molecular formula is C19H22F3N3O2. The summed E-state index contributed by atoms with van der Waals surface area (Å²) in [4.78, 5) is 11.0. The molecule has 1 saturated carbocycles. The predicted octanol–water partition coefficient (Wildman–Crippen LogP) is 3.68. The number of carboxylic acid groups (broad SMARTS) is 1. The van der Waals surface area contributed by atoms with Crippen LogP contribution < -0.4 is 5.32 Å². The Balaban J connectivity index is 1.48. The number of nitrogens with one attached hydrogen (secondary N) is 1. The highest BCUT2D eigenvalue weighted by molar-refractivity contribution is 5.70. The molecule has 1 aliphatic rings. The number of nitrogens with zero attached hydrogens (tertiary/aromatic N) is 2. The van der Waals surface area contributed by atoms with Gasteiger partial charge in [-0.2, -0.15) is 18.3 Å². The van der Waals surface area contributed by atoms with E-state index in [1.54, 1.807) is 10.9 Å². The molecule has 1 aromatic heterocycles. The molecule has 0 amide bonds. The van der Waals surface area contributed by atoms with Crippen molar-refractivity contribution in [1.82, 2.24) is 15.1 Å². The molecule has 5 nitrogen and oxygen atoms in total. The van der Waals surface area contributed by atoms with Crippen LogP contribution in [0.25, 0.3) is 0 Å². The average molecular weight is 381 g/mol. The van der Waals surface area contributed by atoms with Gasteiger partial charge < -0.3 is 10.4 Å². The lowest BCUT2D eigenvalue weighted by molar-refractivity contribution is -0.143. The standard InChI is InChI=1S/C19H22F3N3O2/c20-19(21,22)16-5-1-13(2-6-16)11-25-12-14(10-24-25)9-23-17-7-3-15(4-8-17)18(26)27/h1-2,5-6,10,12,15,17,23H,3-4,7-9,11H2,(H,26,27). The molecule has 2 aromatic rings. The Labute approximate surface area is 155 Å². The minimum atomic E-state index is -4.33. The van der Waals surface area contributed by atoms with E-state index in [9.17, 15) is 18.0 Å². The number of hydrogen-bond acceptors (Lipinski definition) is 3. The van der Waals surface area contributed by atoms with Gasteiger partial charge in [-0.05, 0) is 43.4 Å². The molecule has 0 bridgehead atoms. The second kappa shape index (κ2) is 8.12. The van der Waals surface area contributed by atoms with Crippen LogP contribution in [-0.2, 0) is 24.1 Å². The number of aliphatic carboxylic acids is 1. The predicted molar refractivity (Wildman–Crippen MR) is 93.0 cm³/mol. The zero-order chi connectivity index (χ0) is 19.4. The molecule has 1 aromatic carbocycles. The van der Waals surface area contributed by atoms with Crippen LogP contribution in [0.15, 0.2) is 36.7 Å². The van der Waals surface area contributed by atoms with Gasteiger partial charge in [-0.1, -0.05) is 12.1 Å². The van der Waals surface area contributed by atoms with Crippen LogP contribution in [0.4, 0.5) is 13.2 Å². The summed E-state index contributed by atoms with van der Waals surface area (Å²) in [7, 11) is 0. The van der Waals surface area contributed by atoms with Gasteiger partial charge in [0.15, 0.2) is 0 Å². The van der Waals surface area contributed by atoms with E-state index in [1.807, 2.05) is 6.20 Å². The minimum Gasteiger partial charge on any atom is -0.481 e. The molecular weight excluding hydrogens is 359 g/mol. The van der Waals surface area contributed by atoms with Crippen LogP contribution in [-0.4, -0.2) is 26.9 Å². The summed E-state index contributed by atoms with van der Waals surface area (Å²) in [5, 5.41) is 16.7. The maximum Gasteiger partial charge on any atom is 0.416 e. The number of halogens is 3. The summed E-state index contributed by atoms with van der Waals surface area (Å²) in [6.07, 6.45) is 2.36. The fraction of sp³-hybridized carbons (Fsp3) is 0.474. The van der Waals surface area contributed by atoms with Crippen molar-refractivity contribution in [1.29, 1.82) is 0 Å². The molecule has 0 unspecified atom stereocenters. The molecule has 0 radical (unpaired) electrons. The van der Waals surface area contributed by atoms with E-state index in [2.05, 4.69) is 10.4 Å². The third-order valence-corrected chi connectivity index (χ3v) is 4.98. The number of carbonyl (C=O) groups is 1. The monoisotopic (exact) mass is 381 g/mol. The lowest BCUT2D eigenvalue weighted by Gasteiger charge is -2.26. The van der Waals surface area contributed by atoms with Crippen LogP contribution in [0.3, 0.4) is 0 Å². The number of alkyl halides is 3. The van der Waals surface area contributed by atoms with E-state index in [0.717, 1.165) is 36.1 Å². The van der Waals surface area contributed by atoms with Gasteiger partial charge in [0.2, 0.25) is 0 Å². The van der Waals surface area contributed by atoms with Gasteiger partial charge in [-0.25, -0.2) is 0 Å². The highest BCUT2D eigenvalue weighted by Gasteiger charge is 2.30. The topological polar surface area (TPSA) is 67.2 Å². The molecule has 2 N–H and O–H groups in total. The Morgan fingerprint density at radius 3 is 2.41 bits per heavy atom. The van der Waals surface area contributed by atoms with Gasteiger partial charge in [0.25, 0.3) is 0 Å². The smallest absolute Gasteiger partial charge is 0.416 e. The molecule has 27 heavy (non-hydrogen) atoms. The maximum atomic E-state index is 12.6. The highest BCUT2D eigenvalue weighted by Crippen LogP contribution is 2.29. The largest absolute Gasteiger partial charge is 0.481 e. The molecule has 0 aliphatic heterocycles. The fourth-order valence-corrected chi connectivity index (χ4v) is 3.38. The molecule has 1 aliphatic carbocycles. The molecule has 0 spiro atoms. The van der Waals surface area contributed by atoms with E-state index >= 15 is 0 Å². The average Bonchev–Trinajstić information content (AvgIpc) is 3.07. The van der Waals surface area contributed by atoms with Crippen LogP contribution in [0.2, 0.25) is 0 Å². The second-order valence-electron chi connectivity index (χ2n) is 7.01. The molecule has 0 saturated heterocycles. The van der Waals surface area contributed by atoms with Crippen molar-refractivity contribution < 1.29 is 23.1 Å². The molecule has 8 heteroatoms. The van der Waals surface area contributed by atoms with E-state index in [1.165, 1.54) is 12.1 Å². The van der Waals surface area contributed by atoms with Crippen molar-refractivity contribution >= 4 is 5.97 Å². The SMILES string of the molecule is O=C(O)C1CCC(NCc2cnn(Cc3ccc(C(F)(F)F)cc3)c2)CC1. The molecule has 1 heterocycles. The van der Waals surface area contributed by atoms with Crippen LogP contribution in [0.1, 0.15) is 42.4 Å². The van der Waals surface area contributed by atoms with E-state index in [4.69, 9.17) is 5.11 Å². The van der Waals surface area contributed by atoms with Gasteiger partial charge in [0.05, 0.1) is 24.2 Å². The maximum absolute atomic E-state index is 12.6. The number of carboxylic acids is 1. The third kappa shape index (κ3) is 5.32. The first-order chi connectivity index (χ1) is 12.8. The lowest BCUT2D eigenvalue weighted by Crippen LogP contribution is -2.34. The van der Waals surface area contributed by atoms with Gasteiger partial charge in [0, 0.05) is 24.3 Å². The van der Waals surface area contributed by atoms with Gasteiger partial charge in [-0.15, -0.1) is 0 Å². The van der Waals surface area contributed by atoms with Crippen LogP contribution >= 0.6 is 0 Å². The van der Waals surface area contributed by atoms with E-state index in [0.29, 0.717) is 32.0 Å². The van der Waals surface area contributed by atoms with E-state index in [-0.39, 0.29) is 5.92 Å². The Morgan fingerprint density at radius 1 is 1.15 bits per heavy atom. The van der Waals surface area contributed by atoms with Crippen molar-refractivity contribution in [2.75, 3.05) is 0 Å². The number of aromatic nitrogens is 2. The molecule has 0 atom stereocenters. The van der Waals surface area contributed by atoms with Gasteiger partial charge in [0.1, 0.15) is 0 Å². The molecule has 1 fully saturated rings. The first-order valence-corrected chi connectivity index (χ1v) is 8.95. The summed E-state index contributed by atoms with van der Waals surface area (Å²) < 4.78 is 39.5. The summed E-state index contributed by atoms with van der Waals surface area (Å²) in [6, 6.07) is 5.38. The van der Waals surface area contributed by atoms with Crippen molar-refractivity contribution in [3.63, 3.8) is 0 Å². The van der Waals surface area contributed by atoms with Gasteiger partial charge >= 0.3 is 12.1 Å². The zero-order valence-electron chi connectivity index (χ0n) is 14.7. The van der Waals surface area contributed by atoms with Crippen molar-refractivity contribution in [3.8, 4) is 0 Å². The van der Waals surface area contributed by atoms with E-state index < -0.39 is 17.7 Å². The first-order valence-electron chi connectivity index (χ1n) is 8.95. The van der Waals surface area contributed by atoms with Crippen molar-refractivity contribution in [2.24, 2.45) is 5.92 Å². The van der Waals surface area contributed by atoms with Gasteiger partial charge in [-0.3, -0.25) is 9.48 Å². The Kier molecular flexibility index (Phi) is 5.84. The Hall–Kier alpha value is -2.35. The van der Waals surface area contributed by atoms with Crippen molar-refractivity contribution in [3.05, 3.63) is 53.3 Å². The Morgan fingerprint density at radius 2 is 1.81 bits per heavy atom. The normalized spacial score (nSPS) is 20.6. The Bertz CT molecular complexity index is 763. The number of rotatable bonds is 6. The first kappa shape index (κ1) is 19.4. The minimum absolute atomic E-state index is 0.227. The van der Waals surface area contributed by atoms with Crippen molar-refractivity contribution in [2.45, 2.75) is 51.0 Å². The fourth-order valence-electron chi connectivity index (χ4n) is 3.38. The number of hydrogen-bond donors (Lipinski definition) is 2. The lowest BCUT2D eigenvalue weighted by atomic mass is 9.86. The zero-order valence-corrected chi connectivity index (χ0v) is 14.7.